The van der Waals surface area contributed by atoms with Crippen LogP contribution >= 0.6 is 22.9 Å². The highest BCUT2D eigenvalue weighted by Gasteiger charge is 2.10. The first-order chi connectivity index (χ1) is 11.1. The third kappa shape index (κ3) is 3.74. The first kappa shape index (κ1) is 15.2. The molecular weight excluding hydrogens is 340 g/mol. The van der Waals surface area contributed by atoms with Gasteiger partial charge in [0.1, 0.15) is 4.92 Å². The van der Waals surface area contributed by atoms with Gasteiger partial charge in [-0.3, -0.25) is 15.5 Å². The number of aromatic nitrogens is 1. The van der Waals surface area contributed by atoms with Crippen LogP contribution in [0.5, 0.6) is 0 Å². The molecule has 0 saturated carbocycles. The van der Waals surface area contributed by atoms with E-state index in [0.717, 1.165) is 10.4 Å². The molecule has 3 aromatic rings. The van der Waals surface area contributed by atoms with E-state index in [1.807, 2.05) is 24.3 Å². The zero-order valence-corrected chi connectivity index (χ0v) is 13.0. The average molecular weight is 349 g/mol. The molecule has 0 bridgehead atoms. The molecule has 23 heavy (non-hydrogen) atoms. The highest BCUT2D eigenvalue weighted by Crippen LogP contribution is 2.29. The number of hydrogen-bond acceptors (Lipinski definition) is 7. The normalized spacial score (nSPS) is 11.0. The van der Waals surface area contributed by atoms with Crippen LogP contribution in [0.3, 0.4) is 0 Å². The maximum Gasteiger partial charge on any atom is 0.433 e. The Bertz CT molecular complexity index is 857. The molecule has 1 N–H and O–H groups in total. The van der Waals surface area contributed by atoms with Crippen molar-refractivity contribution in [1.82, 2.24) is 4.98 Å². The Morgan fingerprint density at radius 2 is 2.09 bits per heavy atom. The number of furan rings is 1. The van der Waals surface area contributed by atoms with Gasteiger partial charge in [-0.1, -0.05) is 35.1 Å². The zero-order valence-electron chi connectivity index (χ0n) is 11.5. The molecule has 0 spiro atoms. The Labute approximate surface area is 139 Å². The number of halogens is 1. The van der Waals surface area contributed by atoms with E-state index in [2.05, 4.69) is 15.5 Å². The molecule has 2 aromatic heterocycles. The van der Waals surface area contributed by atoms with Crippen LogP contribution in [-0.2, 0) is 0 Å². The number of nitrogens with zero attached hydrogens (tertiary/aromatic N) is 3. The van der Waals surface area contributed by atoms with Gasteiger partial charge in [-0.05, 0) is 23.8 Å². The summed E-state index contributed by atoms with van der Waals surface area (Å²) in [5.74, 6) is -0.0515. The second kappa shape index (κ2) is 6.59. The summed E-state index contributed by atoms with van der Waals surface area (Å²) in [5.41, 5.74) is 3.76. The third-order valence-electron chi connectivity index (χ3n) is 2.78. The fourth-order valence-corrected chi connectivity index (χ4v) is 2.63. The van der Waals surface area contributed by atoms with Gasteiger partial charge in [0.2, 0.25) is 5.13 Å². The maximum atomic E-state index is 10.5. The van der Waals surface area contributed by atoms with E-state index in [-0.39, 0.29) is 11.6 Å². The number of anilines is 1. The van der Waals surface area contributed by atoms with Crippen molar-refractivity contribution in [2.24, 2.45) is 5.10 Å². The number of nitro groups is 1. The number of rotatable bonds is 5. The lowest BCUT2D eigenvalue weighted by Gasteiger charge is -1.95. The molecule has 9 heteroatoms. The van der Waals surface area contributed by atoms with E-state index in [1.54, 1.807) is 6.20 Å². The summed E-state index contributed by atoms with van der Waals surface area (Å²) < 4.78 is 4.95. The van der Waals surface area contributed by atoms with E-state index in [9.17, 15) is 10.1 Å². The molecule has 7 nitrogen and oxygen atoms in total. The molecule has 3 rings (SSSR count). The van der Waals surface area contributed by atoms with E-state index >= 15 is 0 Å². The van der Waals surface area contributed by atoms with Gasteiger partial charge in [-0.2, -0.15) is 5.10 Å². The highest BCUT2D eigenvalue weighted by atomic mass is 35.5. The molecule has 1 aromatic carbocycles. The summed E-state index contributed by atoms with van der Waals surface area (Å²) in [6.45, 7) is 0. The number of hydrazone groups is 1. The first-order valence-corrected chi connectivity index (χ1v) is 7.56. The topological polar surface area (TPSA) is 93.6 Å². The molecule has 0 aliphatic heterocycles. The Morgan fingerprint density at radius 3 is 2.78 bits per heavy atom. The van der Waals surface area contributed by atoms with Gasteiger partial charge in [0.15, 0.2) is 5.76 Å². The fraction of sp³-hybridized carbons (Fsp3) is 0. The lowest BCUT2D eigenvalue weighted by molar-refractivity contribution is -0.402. The van der Waals surface area contributed by atoms with Crippen molar-refractivity contribution < 1.29 is 9.34 Å². The monoisotopic (exact) mass is 348 g/mol. The minimum absolute atomic E-state index is 0.277. The van der Waals surface area contributed by atoms with Crippen molar-refractivity contribution in [2.45, 2.75) is 0 Å². The van der Waals surface area contributed by atoms with E-state index < -0.39 is 4.92 Å². The van der Waals surface area contributed by atoms with Crippen molar-refractivity contribution in [1.29, 1.82) is 0 Å². The van der Waals surface area contributed by atoms with Crippen LogP contribution < -0.4 is 5.43 Å². The molecular formula is C14H9ClN4O3S. The number of benzene rings is 1. The van der Waals surface area contributed by atoms with E-state index in [0.29, 0.717) is 10.2 Å². The number of thiazole rings is 1. The summed E-state index contributed by atoms with van der Waals surface area (Å²) in [6.07, 6.45) is 3.07. The van der Waals surface area contributed by atoms with Crippen LogP contribution in [0.25, 0.3) is 10.4 Å². The maximum absolute atomic E-state index is 10.5. The minimum Gasteiger partial charge on any atom is -0.400 e. The van der Waals surface area contributed by atoms with Crippen molar-refractivity contribution >= 4 is 40.2 Å². The van der Waals surface area contributed by atoms with Crippen LogP contribution in [0.4, 0.5) is 11.0 Å². The fourth-order valence-electron chi connectivity index (χ4n) is 1.73. The van der Waals surface area contributed by atoms with Gasteiger partial charge >= 0.3 is 5.88 Å². The molecule has 0 radical (unpaired) electrons. The average Bonchev–Trinajstić information content (AvgIpc) is 3.18. The molecule has 0 amide bonds. The van der Waals surface area contributed by atoms with E-state index in [4.69, 9.17) is 16.0 Å². The third-order valence-corrected chi connectivity index (χ3v) is 3.98. The first-order valence-electron chi connectivity index (χ1n) is 6.37. The van der Waals surface area contributed by atoms with Crippen LogP contribution in [0.2, 0.25) is 5.02 Å². The lowest BCUT2D eigenvalue weighted by atomic mass is 10.2. The van der Waals surface area contributed by atoms with Crippen LogP contribution in [0.1, 0.15) is 5.76 Å². The molecule has 0 saturated heterocycles. The summed E-state index contributed by atoms with van der Waals surface area (Å²) in [7, 11) is 0. The summed E-state index contributed by atoms with van der Waals surface area (Å²) >= 11 is 7.28. The standard InChI is InChI=1S/C14H9ClN4O3S/c15-10-3-1-9(2-4-10)12-8-16-14(23-12)18-17-7-11-5-6-13(22-11)19(20)21/h1-8H,(H,16,18)/b17-7-. The second-order valence-corrected chi connectivity index (χ2v) is 5.81. The molecule has 0 unspecified atom stereocenters. The van der Waals surface area contributed by atoms with Crippen LogP contribution in [0.15, 0.2) is 52.1 Å². The quantitative estimate of drug-likeness (QED) is 0.418. The largest absolute Gasteiger partial charge is 0.433 e. The molecule has 0 atom stereocenters. The van der Waals surface area contributed by atoms with Crippen molar-refractivity contribution in [3.63, 3.8) is 0 Å². The van der Waals surface area contributed by atoms with Crippen molar-refractivity contribution in [3.8, 4) is 10.4 Å². The van der Waals surface area contributed by atoms with Crippen molar-refractivity contribution in [3.05, 3.63) is 63.5 Å². The Kier molecular flexibility index (Phi) is 4.35. The molecule has 0 fully saturated rings. The smallest absolute Gasteiger partial charge is 0.400 e. The summed E-state index contributed by atoms with van der Waals surface area (Å²) in [5, 5.41) is 15.7. The van der Waals surface area contributed by atoms with Gasteiger partial charge in [0.25, 0.3) is 0 Å². The van der Waals surface area contributed by atoms with Gasteiger partial charge in [-0.25, -0.2) is 4.98 Å². The van der Waals surface area contributed by atoms with Gasteiger partial charge in [0, 0.05) is 11.2 Å². The number of hydrogen-bond donors (Lipinski definition) is 1. The Hall–Kier alpha value is -2.71. The summed E-state index contributed by atoms with van der Waals surface area (Å²) in [4.78, 5) is 15.1. The predicted octanol–water partition coefficient (Wildman–Crippen LogP) is 4.41. The molecule has 0 aliphatic rings. The van der Waals surface area contributed by atoms with E-state index in [1.165, 1.54) is 29.7 Å². The highest BCUT2D eigenvalue weighted by molar-refractivity contribution is 7.18. The molecule has 2 heterocycles. The molecule has 116 valence electrons. The zero-order chi connectivity index (χ0) is 16.2. The number of nitrogens with one attached hydrogen (secondary N) is 1. The molecule has 0 aliphatic carbocycles. The Balaban J connectivity index is 1.65. The summed E-state index contributed by atoms with van der Waals surface area (Å²) in [6, 6.07) is 10.2. The SMILES string of the molecule is O=[N+]([O-])c1ccc(/C=N\Nc2ncc(-c3ccc(Cl)cc3)s2)o1. The van der Waals surface area contributed by atoms with Gasteiger partial charge < -0.3 is 4.42 Å². The minimum atomic E-state index is -0.607. The second-order valence-electron chi connectivity index (χ2n) is 4.34. The van der Waals surface area contributed by atoms with Crippen molar-refractivity contribution in [2.75, 3.05) is 5.43 Å². The van der Waals surface area contributed by atoms with Crippen LogP contribution in [0, 0.1) is 10.1 Å². The Morgan fingerprint density at radius 1 is 1.30 bits per heavy atom. The van der Waals surface area contributed by atoms with Crippen LogP contribution in [-0.4, -0.2) is 16.1 Å². The lowest BCUT2D eigenvalue weighted by Crippen LogP contribution is -1.88. The van der Waals surface area contributed by atoms with Gasteiger partial charge in [-0.15, -0.1) is 0 Å². The van der Waals surface area contributed by atoms with Gasteiger partial charge in [0.05, 0.1) is 17.2 Å². The predicted molar refractivity (Wildman–Crippen MR) is 89.1 cm³/mol.